The van der Waals surface area contributed by atoms with Gasteiger partial charge in [-0.3, -0.25) is 9.36 Å². The molecule has 0 bridgehead atoms. The number of hydrogen-bond donors (Lipinski definition) is 2. The van der Waals surface area contributed by atoms with Crippen molar-refractivity contribution in [3.63, 3.8) is 0 Å². The molecule has 1 aromatic heterocycles. The Morgan fingerprint density at radius 3 is 2.79 bits per heavy atom. The fourth-order valence-electron chi connectivity index (χ4n) is 1.89. The Hall–Kier alpha value is -1.56. The monoisotopic (exact) mass is 197 g/mol. The first-order valence-corrected chi connectivity index (χ1v) is 4.32. The smallest absolute Gasteiger partial charge is 0.349 e. The second-order valence-corrected chi connectivity index (χ2v) is 3.44. The highest BCUT2D eigenvalue weighted by Gasteiger charge is 2.27. The van der Waals surface area contributed by atoms with Crippen molar-refractivity contribution in [1.29, 1.82) is 0 Å². The van der Waals surface area contributed by atoms with E-state index in [1.807, 2.05) is 0 Å². The standard InChI is InChI=1S/C8H11N3O3/c1-10-6-4(2-3-5(6)12)7(13)11(9)8(10)14/h5,12H,2-3,9H2,1H3. The number of hydrogen-bond acceptors (Lipinski definition) is 4. The van der Waals surface area contributed by atoms with Gasteiger partial charge in [-0.05, 0) is 12.8 Å². The summed E-state index contributed by atoms with van der Waals surface area (Å²) in [6.07, 6.45) is 0.222. The molecule has 1 aliphatic rings. The lowest BCUT2D eigenvalue weighted by molar-refractivity contribution is 0.171. The molecule has 0 saturated carbocycles. The molecule has 0 spiro atoms. The van der Waals surface area contributed by atoms with Crippen LogP contribution < -0.4 is 17.1 Å². The zero-order chi connectivity index (χ0) is 10.5. The van der Waals surface area contributed by atoms with E-state index in [-0.39, 0.29) is 0 Å². The summed E-state index contributed by atoms with van der Waals surface area (Å²) in [5.74, 6) is 5.29. The van der Waals surface area contributed by atoms with E-state index < -0.39 is 17.4 Å². The van der Waals surface area contributed by atoms with E-state index in [9.17, 15) is 14.7 Å². The van der Waals surface area contributed by atoms with Gasteiger partial charge in [-0.2, -0.15) is 4.68 Å². The molecule has 76 valence electrons. The zero-order valence-corrected chi connectivity index (χ0v) is 7.73. The molecule has 0 aromatic carbocycles. The summed E-state index contributed by atoms with van der Waals surface area (Å²) in [7, 11) is 1.50. The van der Waals surface area contributed by atoms with Gasteiger partial charge in [0.05, 0.1) is 11.8 Å². The van der Waals surface area contributed by atoms with Gasteiger partial charge in [-0.25, -0.2) is 4.79 Å². The van der Waals surface area contributed by atoms with Gasteiger partial charge in [0.1, 0.15) is 0 Å². The van der Waals surface area contributed by atoms with E-state index in [1.54, 1.807) is 0 Å². The molecule has 2 rings (SSSR count). The Balaban J connectivity index is 2.92. The van der Waals surface area contributed by atoms with Gasteiger partial charge in [-0.1, -0.05) is 0 Å². The fraction of sp³-hybridized carbons (Fsp3) is 0.500. The minimum atomic E-state index is -0.725. The van der Waals surface area contributed by atoms with Crippen molar-refractivity contribution in [2.24, 2.45) is 7.05 Å². The van der Waals surface area contributed by atoms with Crippen LogP contribution in [0.3, 0.4) is 0 Å². The highest BCUT2D eigenvalue weighted by molar-refractivity contribution is 5.25. The maximum absolute atomic E-state index is 11.5. The molecule has 0 fully saturated rings. The summed E-state index contributed by atoms with van der Waals surface area (Å²) in [5.41, 5.74) is -0.252. The van der Waals surface area contributed by atoms with Crippen molar-refractivity contribution in [3.05, 3.63) is 32.1 Å². The van der Waals surface area contributed by atoms with Crippen LogP contribution in [0.15, 0.2) is 9.59 Å². The van der Waals surface area contributed by atoms with E-state index in [0.29, 0.717) is 28.8 Å². The van der Waals surface area contributed by atoms with Crippen molar-refractivity contribution in [3.8, 4) is 0 Å². The third-order valence-electron chi connectivity index (χ3n) is 2.62. The van der Waals surface area contributed by atoms with E-state index in [1.165, 1.54) is 11.6 Å². The first-order valence-electron chi connectivity index (χ1n) is 4.32. The maximum atomic E-state index is 11.5. The number of nitrogens with two attached hydrogens (primary N) is 1. The molecule has 1 aliphatic carbocycles. The number of rotatable bonds is 0. The predicted octanol–water partition coefficient (Wildman–Crippen LogP) is -1.76. The quantitative estimate of drug-likeness (QED) is 0.482. The second-order valence-electron chi connectivity index (χ2n) is 3.44. The van der Waals surface area contributed by atoms with Crippen LogP contribution in [0.4, 0.5) is 0 Å². The van der Waals surface area contributed by atoms with Crippen LogP contribution in [0.1, 0.15) is 23.8 Å². The van der Waals surface area contributed by atoms with Crippen molar-refractivity contribution in [2.75, 3.05) is 5.84 Å². The van der Waals surface area contributed by atoms with Crippen LogP contribution in [-0.4, -0.2) is 14.3 Å². The minimum Gasteiger partial charge on any atom is -0.387 e. The summed E-state index contributed by atoms with van der Waals surface area (Å²) in [5, 5.41) is 9.55. The highest BCUT2D eigenvalue weighted by atomic mass is 16.3. The third kappa shape index (κ3) is 0.941. The lowest BCUT2D eigenvalue weighted by Crippen LogP contribution is -2.46. The summed E-state index contributed by atoms with van der Waals surface area (Å²) in [6.45, 7) is 0. The molecule has 14 heavy (non-hydrogen) atoms. The minimum absolute atomic E-state index is 0.404. The molecule has 1 heterocycles. The molecule has 1 aromatic rings. The maximum Gasteiger partial charge on any atom is 0.349 e. The number of aromatic nitrogens is 2. The van der Waals surface area contributed by atoms with Crippen LogP contribution in [0.25, 0.3) is 0 Å². The molecule has 0 aliphatic heterocycles. The van der Waals surface area contributed by atoms with E-state index in [0.717, 1.165) is 0 Å². The topological polar surface area (TPSA) is 90.3 Å². The molecule has 0 amide bonds. The van der Waals surface area contributed by atoms with Gasteiger partial charge in [0.25, 0.3) is 5.56 Å². The first kappa shape index (κ1) is 9.01. The van der Waals surface area contributed by atoms with Gasteiger partial charge in [-0.15, -0.1) is 0 Å². The molecule has 3 N–H and O–H groups in total. The Morgan fingerprint density at radius 2 is 2.14 bits per heavy atom. The second kappa shape index (κ2) is 2.71. The SMILES string of the molecule is Cn1c2c(c(=O)n(N)c1=O)CCC2O. The van der Waals surface area contributed by atoms with Crippen molar-refractivity contribution in [2.45, 2.75) is 18.9 Å². The summed E-state index contributed by atoms with van der Waals surface area (Å²) >= 11 is 0. The third-order valence-corrected chi connectivity index (χ3v) is 2.62. The van der Waals surface area contributed by atoms with Crippen LogP contribution in [0.2, 0.25) is 0 Å². The van der Waals surface area contributed by atoms with Crippen LogP contribution in [0, 0.1) is 0 Å². The molecule has 0 radical (unpaired) electrons. The molecular formula is C8H11N3O3. The normalized spacial score (nSPS) is 19.7. The lowest BCUT2D eigenvalue weighted by atomic mass is 10.2. The van der Waals surface area contributed by atoms with E-state index >= 15 is 0 Å². The Kier molecular flexibility index (Phi) is 1.75. The Labute approximate surface area is 79.2 Å². The summed E-state index contributed by atoms with van der Waals surface area (Å²) in [6, 6.07) is 0. The lowest BCUT2D eigenvalue weighted by Gasteiger charge is -2.10. The average molecular weight is 197 g/mol. The molecular weight excluding hydrogens is 186 g/mol. The molecule has 6 nitrogen and oxygen atoms in total. The molecule has 1 unspecified atom stereocenters. The van der Waals surface area contributed by atoms with Gasteiger partial charge >= 0.3 is 5.69 Å². The van der Waals surface area contributed by atoms with E-state index in [4.69, 9.17) is 5.84 Å². The first-order chi connectivity index (χ1) is 6.54. The number of nitrogens with zero attached hydrogens (tertiary/aromatic N) is 2. The van der Waals surface area contributed by atoms with Crippen LogP contribution >= 0.6 is 0 Å². The highest BCUT2D eigenvalue weighted by Crippen LogP contribution is 2.26. The Bertz CT molecular complexity index is 500. The number of nitrogen functional groups attached to an aromatic ring is 1. The van der Waals surface area contributed by atoms with Crippen LogP contribution in [0.5, 0.6) is 0 Å². The molecule has 0 saturated heterocycles. The zero-order valence-electron chi connectivity index (χ0n) is 7.73. The predicted molar refractivity (Wildman–Crippen MR) is 49.4 cm³/mol. The number of aliphatic hydroxyl groups excluding tert-OH is 1. The summed E-state index contributed by atoms with van der Waals surface area (Å²) < 4.78 is 1.81. The summed E-state index contributed by atoms with van der Waals surface area (Å²) in [4.78, 5) is 22.9. The van der Waals surface area contributed by atoms with Gasteiger partial charge in [0, 0.05) is 12.6 Å². The van der Waals surface area contributed by atoms with Crippen molar-refractivity contribution < 1.29 is 5.11 Å². The average Bonchev–Trinajstić information content (AvgIpc) is 2.54. The Morgan fingerprint density at radius 1 is 1.50 bits per heavy atom. The number of aliphatic hydroxyl groups is 1. The molecule has 6 heteroatoms. The van der Waals surface area contributed by atoms with Crippen molar-refractivity contribution in [1.82, 2.24) is 9.24 Å². The van der Waals surface area contributed by atoms with Gasteiger partial charge in [0.15, 0.2) is 0 Å². The fourth-order valence-corrected chi connectivity index (χ4v) is 1.89. The van der Waals surface area contributed by atoms with Crippen LogP contribution in [-0.2, 0) is 13.5 Å². The van der Waals surface area contributed by atoms with Crippen molar-refractivity contribution >= 4 is 0 Å². The van der Waals surface area contributed by atoms with E-state index in [2.05, 4.69) is 0 Å². The molecule has 1 atom stereocenters. The number of fused-ring (bicyclic) bond motifs is 1. The largest absolute Gasteiger partial charge is 0.387 e. The van der Waals surface area contributed by atoms with Gasteiger partial charge in [0.2, 0.25) is 0 Å². The van der Waals surface area contributed by atoms with Gasteiger partial charge < -0.3 is 10.9 Å².